The Labute approximate surface area is 198 Å². The molecule has 0 unspecified atom stereocenters. The molecule has 13 heteroatoms. The van der Waals surface area contributed by atoms with Gasteiger partial charge in [-0.25, -0.2) is 16.8 Å². The lowest BCUT2D eigenvalue weighted by Gasteiger charge is -2.06. The fourth-order valence-electron chi connectivity index (χ4n) is 2.40. The van der Waals surface area contributed by atoms with E-state index in [4.69, 9.17) is 23.2 Å². The van der Waals surface area contributed by atoms with Crippen molar-refractivity contribution in [1.29, 1.82) is 0 Å². The first-order valence-electron chi connectivity index (χ1n) is 8.79. The number of carbonyl (C=O) groups excluding carboxylic acids is 1. The Morgan fingerprint density at radius 1 is 0.875 bits per heavy atom. The molecule has 0 aliphatic heterocycles. The third-order valence-corrected chi connectivity index (χ3v) is 8.04. The lowest BCUT2D eigenvalue weighted by molar-refractivity contribution is 0.104. The number of halogens is 2. The van der Waals surface area contributed by atoms with E-state index in [1.165, 1.54) is 36.4 Å². The highest BCUT2D eigenvalue weighted by atomic mass is 35.5. The maximum absolute atomic E-state index is 12.3. The maximum atomic E-state index is 12.3. The third-order valence-electron chi connectivity index (χ3n) is 3.82. The van der Waals surface area contributed by atoms with Crippen LogP contribution in [0.5, 0.6) is 0 Å². The summed E-state index contributed by atoms with van der Waals surface area (Å²) < 4.78 is 51.6. The fraction of sp³-hybridized carbons (Fsp3) is 0.105. The average Bonchev–Trinajstić information content (AvgIpc) is 3.13. The lowest BCUT2D eigenvalue weighted by Crippen LogP contribution is -2.14. The average molecular weight is 532 g/mol. The molecular weight excluding hydrogens is 517 g/mol. The van der Waals surface area contributed by atoms with Gasteiger partial charge in [0.15, 0.2) is 15.6 Å². The van der Waals surface area contributed by atoms with Gasteiger partial charge in [0.25, 0.3) is 0 Å². The molecule has 0 radical (unpaired) electrons. The summed E-state index contributed by atoms with van der Waals surface area (Å²) >= 11 is 12.4. The topological polar surface area (TPSA) is 123 Å². The monoisotopic (exact) mass is 531 g/mol. The molecular formula is C19H15Cl2N3O5S3. The van der Waals surface area contributed by atoms with E-state index in [1.54, 1.807) is 12.1 Å². The molecule has 1 aromatic heterocycles. The SMILES string of the molecule is O=C(/C=C/S(=O)(=O)Cc1nnc(CS(=O)(=O)Nc2ccc(Cl)cc2)s1)c1ccc(Cl)cc1. The summed E-state index contributed by atoms with van der Waals surface area (Å²) in [6.45, 7) is 0. The van der Waals surface area contributed by atoms with Gasteiger partial charge in [-0.15, -0.1) is 10.2 Å². The maximum Gasteiger partial charge on any atom is 0.239 e. The Bertz CT molecular complexity index is 1350. The Morgan fingerprint density at radius 3 is 2.00 bits per heavy atom. The molecule has 1 heterocycles. The van der Waals surface area contributed by atoms with Gasteiger partial charge in [0.2, 0.25) is 10.0 Å². The third kappa shape index (κ3) is 7.38. The van der Waals surface area contributed by atoms with Crippen molar-refractivity contribution in [3.05, 3.63) is 85.6 Å². The summed E-state index contributed by atoms with van der Waals surface area (Å²) in [5.41, 5.74) is 0.620. The summed E-state index contributed by atoms with van der Waals surface area (Å²) in [4.78, 5) is 12.1. The minimum absolute atomic E-state index is 0.102. The quantitative estimate of drug-likeness (QED) is 0.325. The lowest BCUT2D eigenvalue weighted by atomic mass is 10.1. The first kappa shape index (κ1) is 24.3. The highest BCUT2D eigenvalue weighted by Crippen LogP contribution is 2.19. The summed E-state index contributed by atoms with van der Waals surface area (Å²) in [6, 6.07) is 12.1. The van der Waals surface area contributed by atoms with E-state index in [0.29, 0.717) is 15.7 Å². The number of anilines is 1. The number of aromatic nitrogens is 2. The van der Waals surface area contributed by atoms with Crippen molar-refractivity contribution in [2.45, 2.75) is 11.5 Å². The number of nitrogens with zero attached hydrogens (tertiary/aromatic N) is 2. The van der Waals surface area contributed by atoms with Crippen LogP contribution in [-0.4, -0.2) is 32.8 Å². The van der Waals surface area contributed by atoms with Crippen LogP contribution in [0, 0.1) is 0 Å². The number of ketones is 1. The highest BCUT2D eigenvalue weighted by Gasteiger charge is 2.18. The summed E-state index contributed by atoms with van der Waals surface area (Å²) in [5.74, 6) is -1.49. The predicted molar refractivity (Wildman–Crippen MR) is 125 cm³/mol. The minimum Gasteiger partial charge on any atom is -0.289 e. The molecule has 1 N–H and O–H groups in total. The van der Waals surface area contributed by atoms with Crippen LogP contribution < -0.4 is 4.72 Å². The molecule has 2 aromatic carbocycles. The largest absolute Gasteiger partial charge is 0.289 e. The van der Waals surface area contributed by atoms with E-state index in [-0.39, 0.29) is 15.6 Å². The van der Waals surface area contributed by atoms with Crippen molar-refractivity contribution in [1.82, 2.24) is 10.2 Å². The zero-order valence-electron chi connectivity index (χ0n) is 16.1. The number of hydrogen-bond acceptors (Lipinski definition) is 8. The summed E-state index contributed by atoms with van der Waals surface area (Å²) in [7, 11) is -7.61. The molecule has 0 aliphatic rings. The highest BCUT2D eigenvalue weighted by molar-refractivity contribution is 7.93. The Kier molecular flexibility index (Phi) is 7.67. The molecule has 0 aliphatic carbocycles. The Hall–Kier alpha value is -2.31. The van der Waals surface area contributed by atoms with Crippen LogP contribution in [0.15, 0.2) is 60.0 Å². The van der Waals surface area contributed by atoms with Crippen LogP contribution in [0.3, 0.4) is 0 Å². The Balaban J connectivity index is 1.62. The van der Waals surface area contributed by atoms with Crippen molar-refractivity contribution in [2.75, 3.05) is 4.72 Å². The van der Waals surface area contributed by atoms with Crippen molar-refractivity contribution >= 4 is 65.9 Å². The zero-order chi connectivity index (χ0) is 23.4. The molecule has 32 heavy (non-hydrogen) atoms. The summed E-state index contributed by atoms with van der Waals surface area (Å²) in [5, 5.41) is 9.44. The zero-order valence-corrected chi connectivity index (χ0v) is 20.1. The smallest absolute Gasteiger partial charge is 0.239 e. The van der Waals surface area contributed by atoms with E-state index < -0.39 is 37.1 Å². The first-order chi connectivity index (χ1) is 15.0. The van der Waals surface area contributed by atoms with Crippen LogP contribution in [-0.2, 0) is 31.4 Å². The van der Waals surface area contributed by atoms with Crippen molar-refractivity contribution in [2.24, 2.45) is 0 Å². The Morgan fingerprint density at radius 2 is 1.41 bits per heavy atom. The normalized spacial score (nSPS) is 12.2. The van der Waals surface area contributed by atoms with Crippen LogP contribution >= 0.6 is 34.5 Å². The van der Waals surface area contributed by atoms with Crippen LogP contribution in [0.25, 0.3) is 0 Å². The number of allylic oxidation sites excluding steroid dienone is 1. The van der Waals surface area contributed by atoms with E-state index in [2.05, 4.69) is 14.9 Å². The number of sulfonamides is 1. The fourth-order valence-corrected chi connectivity index (χ4v) is 6.29. The molecule has 0 bridgehead atoms. The van der Waals surface area contributed by atoms with E-state index >= 15 is 0 Å². The number of hydrogen-bond donors (Lipinski definition) is 1. The van der Waals surface area contributed by atoms with Gasteiger partial charge in [-0.2, -0.15) is 0 Å². The molecule has 3 aromatic rings. The molecule has 0 amide bonds. The second-order valence-electron chi connectivity index (χ2n) is 6.44. The van der Waals surface area contributed by atoms with Gasteiger partial charge < -0.3 is 0 Å². The molecule has 0 saturated heterocycles. The van der Waals surface area contributed by atoms with Crippen LogP contribution in [0.4, 0.5) is 5.69 Å². The van der Waals surface area contributed by atoms with Gasteiger partial charge in [0, 0.05) is 26.7 Å². The molecule has 0 atom stereocenters. The number of rotatable bonds is 9. The van der Waals surface area contributed by atoms with Crippen LogP contribution in [0.1, 0.15) is 20.4 Å². The molecule has 8 nitrogen and oxygen atoms in total. The molecule has 0 spiro atoms. The molecule has 168 valence electrons. The van der Waals surface area contributed by atoms with Crippen molar-refractivity contribution in [3.63, 3.8) is 0 Å². The number of benzene rings is 2. The number of nitrogens with one attached hydrogen (secondary N) is 1. The molecule has 3 rings (SSSR count). The molecule has 0 fully saturated rings. The van der Waals surface area contributed by atoms with E-state index in [9.17, 15) is 21.6 Å². The number of carbonyl (C=O) groups is 1. The van der Waals surface area contributed by atoms with Crippen molar-refractivity contribution in [3.8, 4) is 0 Å². The van der Waals surface area contributed by atoms with Gasteiger partial charge in [-0.05, 0) is 54.6 Å². The molecule has 0 saturated carbocycles. The van der Waals surface area contributed by atoms with E-state index in [0.717, 1.165) is 22.8 Å². The van der Waals surface area contributed by atoms with Gasteiger partial charge >= 0.3 is 0 Å². The summed E-state index contributed by atoms with van der Waals surface area (Å²) in [6.07, 6.45) is 0.945. The van der Waals surface area contributed by atoms with Gasteiger partial charge in [0.1, 0.15) is 21.5 Å². The van der Waals surface area contributed by atoms with Gasteiger partial charge in [-0.3, -0.25) is 9.52 Å². The minimum atomic E-state index is -3.83. The standard InChI is InChI=1S/C19H15Cl2N3O5S3/c20-14-3-1-13(2-4-14)17(25)9-10-31(26,27)11-18-22-23-19(30-18)12-32(28,29)24-16-7-5-15(21)6-8-16/h1-10,24H,11-12H2/b10-9+. The first-order valence-corrected chi connectivity index (χ1v) is 13.7. The predicted octanol–water partition coefficient (Wildman–Crippen LogP) is 4.10. The second kappa shape index (κ2) is 10.1. The number of sulfone groups is 1. The van der Waals surface area contributed by atoms with Crippen molar-refractivity contribution < 1.29 is 21.6 Å². The second-order valence-corrected chi connectivity index (χ2v) is 12.1. The van der Waals surface area contributed by atoms with Gasteiger partial charge in [0.05, 0.1) is 0 Å². The van der Waals surface area contributed by atoms with Crippen LogP contribution in [0.2, 0.25) is 10.0 Å². The van der Waals surface area contributed by atoms with E-state index in [1.807, 2.05) is 0 Å². The van der Waals surface area contributed by atoms with Gasteiger partial charge in [-0.1, -0.05) is 34.5 Å².